The van der Waals surface area contributed by atoms with E-state index in [1.54, 1.807) is 29.5 Å². The summed E-state index contributed by atoms with van der Waals surface area (Å²) in [6.45, 7) is 2.00. The SMILES string of the molecule is CN(C)[C@@H]1CCN(c2nc3ccc(NC(=O)/C=C/c4cccc(F)c4)cc3s2)C1. The third-order valence-electron chi connectivity index (χ3n) is 5.08. The van der Waals surface area contributed by atoms with Gasteiger partial charge < -0.3 is 15.1 Å². The van der Waals surface area contributed by atoms with Crippen molar-refractivity contribution < 1.29 is 9.18 Å². The lowest BCUT2D eigenvalue weighted by Gasteiger charge is -2.19. The van der Waals surface area contributed by atoms with Crippen LogP contribution in [0.3, 0.4) is 0 Å². The third kappa shape index (κ3) is 4.63. The summed E-state index contributed by atoms with van der Waals surface area (Å²) in [4.78, 5) is 21.6. The molecule has 0 aliphatic carbocycles. The van der Waals surface area contributed by atoms with Crippen molar-refractivity contribution in [3.8, 4) is 0 Å². The molecule has 150 valence electrons. The number of anilines is 2. The number of halogens is 1. The number of fused-ring (bicyclic) bond motifs is 1. The first-order valence-corrected chi connectivity index (χ1v) is 10.4. The summed E-state index contributed by atoms with van der Waals surface area (Å²) in [5.74, 6) is -0.583. The van der Waals surface area contributed by atoms with Gasteiger partial charge in [0.25, 0.3) is 0 Å². The van der Waals surface area contributed by atoms with E-state index in [1.165, 1.54) is 18.2 Å². The van der Waals surface area contributed by atoms with Gasteiger partial charge in [0.2, 0.25) is 5.91 Å². The van der Waals surface area contributed by atoms with E-state index in [9.17, 15) is 9.18 Å². The average Bonchev–Trinajstić information content (AvgIpc) is 3.33. The summed E-state index contributed by atoms with van der Waals surface area (Å²) >= 11 is 1.65. The second kappa shape index (κ2) is 8.31. The molecular formula is C22H23FN4OS. The summed E-state index contributed by atoms with van der Waals surface area (Å²) in [5, 5.41) is 3.89. The molecule has 1 aliphatic heterocycles. The summed E-state index contributed by atoms with van der Waals surface area (Å²) in [7, 11) is 4.23. The van der Waals surface area contributed by atoms with Gasteiger partial charge in [-0.3, -0.25) is 4.79 Å². The fourth-order valence-corrected chi connectivity index (χ4v) is 4.47. The highest BCUT2D eigenvalue weighted by Gasteiger charge is 2.26. The molecule has 0 saturated carbocycles. The van der Waals surface area contributed by atoms with Gasteiger partial charge in [-0.15, -0.1) is 0 Å². The Labute approximate surface area is 173 Å². The number of hydrogen-bond donors (Lipinski definition) is 1. The Kier molecular flexibility index (Phi) is 5.60. The molecule has 2 heterocycles. The zero-order valence-electron chi connectivity index (χ0n) is 16.4. The second-order valence-corrected chi connectivity index (χ2v) is 8.42. The van der Waals surface area contributed by atoms with Crippen LogP contribution in [0.25, 0.3) is 16.3 Å². The highest BCUT2D eigenvalue weighted by atomic mass is 32.1. The van der Waals surface area contributed by atoms with Crippen LogP contribution in [0.5, 0.6) is 0 Å². The molecule has 29 heavy (non-hydrogen) atoms. The smallest absolute Gasteiger partial charge is 0.248 e. The fourth-order valence-electron chi connectivity index (χ4n) is 3.43. The molecular weight excluding hydrogens is 387 g/mol. The minimum absolute atomic E-state index is 0.258. The van der Waals surface area contributed by atoms with E-state index in [2.05, 4.69) is 29.2 Å². The van der Waals surface area contributed by atoms with Gasteiger partial charge in [-0.05, 0) is 62.5 Å². The molecule has 1 fully saturated rings. The van der Waals surface area contributed by atoms with Crippen LogP contribution in [0.15, 0.2) is 48.5 Å². The van der Waals surface area contributed by atoms with E-state index in [1.807, 2.05) is 18.2 Å². The minimum atomic E-state index is -0.325. The number of carbonyl (C=O) groups excluding carboxylic acids is 1. The number of amides is 1. The summed E-state index contributed by atoms with van der Waals surface area (Å²) < 4.78 is 14.3. The maximum absolute atomic E-state index is 13.2. The summed E-state index contributed by atoms with van der Waals surface area (Å²) in [6.07, 6.45) is 4.14. The third-order valence-corrected chi connectivity index (χ3v) is 6.16. The molecule has 1 aromatic heterocycles. The van der Waals surface area contributed by atoms with Gasteiger partial charge in [-0.2, -0.15) is 0 Å². The standard InChI is InChI=1S/C22H23FN4OS/c1-26(2)18-10-11-27(14-18)22-25-19-8-7-17(13-20(19)29-22)24-21(28)9-6-15-4-3-5-16(23)12-15/h3-9,12-13,18H,10-11,14H2,1-2H3,(H,24,28)/b9-6+/t18-/m1/s1. The molecule has 0 unspecified atom stereocenters. The van der Waals surface area contributed by atoms with Crippen molar-refractivity contribution >= 4 is 44.4 Å². The molecule has 7 heteroatoms. The number of rotatable bonds is 5. The predicted molar refractivity (Wildman–Crippen MR) is 118 cm³/mol. The van der Waals surface area contributed by atoms with Crippen LogP contribution in [-0.2, 0) is 4.79 Å². The van der Waals surface area contributed by atoms with Crippen molar-refractivity contribution in [3.63, 3.8) is 0 Å². The monoisotopic (exact) mass is 410 g/mol. The van der Waals surface area contributed by atoms with E-state index in [0.717, 1.165) is 34.9 Å². The number of nitrogens with one attached hydrogen (secondary N) is 1. The van der Waals surface area contributed by atoms with Crippen LogP contribution >= 0.6 is 11.3 Å². The zero-order chi connectivity index (χ0) is 20.4. The van der Waals surface area contributed by atoms with Gasteiger partial charge in [0.1, 0.15) is 5.82 Å². The maximum Gasteiger partial charge on any atom is 0.248 e. The van der Waals surface area contributed by atoms with Crippen molar-refractivity contribution in [2.24, 2.45) is 0 Å². The molecule has 2 aromatic carbocycles. The summed E-state index contributed by atoms with van der Waals surface area (Å²) in [5.41, 5.74) is 2.30. The molecule has 1 amide bonds. The van der Waals surface area contributed by atoms with Gasteiger partial charge in [0, 0.05) is 30.9 Å². The second-order valence-electron chi connectivity index (χ2n) is 7.41. The van der Waals surface area contributed by atoms with Crippen molar-refractivity contribution in [1.82, 2.24) is 9.88 Å². The lowest BCUT2D eigenvalue weighted by molar-refractivity contribution is -0.111. The largest absolute Gasteiger partial charge is 0.346 e. The molecule has 1 atom stereocenters. The maximum atomic E-state index is 13.2. The van der Waals surface area contributed by atoms with Crippen molar-refractivity contribution in [1.29, 1.82) is 0 Å². The van der Waals surface area contributed by atoms with Crippen LogP contribution in [0.1, 0.15) is 12.0 Å². The van der Waals surface area contributed by atoms with E-state index in [4.69, 9.17) is 4.98 Å². The highest BCUT2D eigenvalue weighted by Crippen LogP contribution is 2.33. The molecule has 3 aromatic rings. The molecule has 1 saturated heterocycles. The van der Waals surface area contributed by atoms with Gasteiger partial charge in [0.15, 0.2) is 5.13 Å². The Balaban J connectivity index is 1.44. The normalized spacial score (nSPS) is 17.0. The average molecular weight is 411 g/mol. The minimum Gasteiger partial charge on any atom is -0.346 e. The lowest BCUT2D eigenvalue weighted by atomic mass is 10.2. The Morgan fingerprint density at radius 1 is 1.31 bits per heavy atom. The molecule has 1 N–H and O–H groups in total. The van der Waals surface area contributed by atoms with Crippen LogP contribution in [-0.4, -0.2) is 49.0 Å². The Hall–Kier alpha value is -2.77. The van der Waals surface area contributed by atoms with Crippen molar-refractivity contribution in [2.45, 2.75) is 12.5 Å². The van der Waals surface area contributed by atoms with Gasteiger partial charge in [-0.1, -0.05) is 23.5 Å². The zero-order valence-corrected chi connectivity index (χ0v) is 17.2. The number of thiazole rings is 1. The quantitative estimate of drug-likeness (QED) is 0.640. The van der Waals surface area contributed by atoms with Crippen LogP contribution in [0.4, 0.5) is 15.2 Å². The first-order chi connectivity index (χ1) is 14.0. The van der Waals surface area contributed by atoms with E-state index in [0.29, 0.717) is 17.3 Å². The number of hydrogen-bond acceptors (Lipinski definition) is 5. The first kappa shape index (κ1) is 19.5. The Morgan fingerprint density at radius 3 is 2.93 bits per heavy atom. The van der Waals surface area contributed by atoms with Crippen LogP contribution in [0, 0.1) is 5.82 Å². The van der Waals surface area contributed by atoms with Crippen LogP contribution < -0.4 is 10.2 Å². The number of carbonyl (C=O) groups is 1. The van der Waals surface area contributed by atoms with Crippen molar-refractivity contribution in [2.75, 3.05) is 37.4 Å². The lowest BCUT2D eigenvalue weighted by Crippen LogP contribution is -2.31. The molecule has 0 bridgehead atoms. The Bertz CT molecular complexity index is 1060. The topological polar surface area (TPSA) is 48.5 Å². The summed E-state index contributed by atoms with van der Waals surface area (Å²) in [6, 6.07) is 12.4. The van der Waals surface area contributed by atoms with Gasteiger partial charge >= 0.3 is 0 Å². The number of aromatic nitrogens is 1. The van der Waals surface area contributed by atoms with Gasteiger partial charge in [-0.25, -0.2) is 9.37 Å². The molecule has 0 radical (unpaired) electrons. The molecule has 0 spiro atoms. The fraction of sp³-hybridized carbons (Fsp3) is 0.273. The highest BCUT2D eigenvalue weighted by molar-refractivity contribution is 7.22. The number of benzene rings is 2. The van der Waals surface area contributed by atoms with Crippen molar-refractivity contribution in [3.05, 3.63) is 59.9 Å². The number of nitrogens with zero attached hydrogens (tertiary/aromatic N) is 3. The molecule has 1 aliphatic rings. The first-order valence-electron chi connectivity index (χ1n) is 9.54. The van der Waals surface area contributed by atoms with Gasteiger partial charge in [0.05, 0.1) is 10.2 Å². The Morgan fingerprint density at radius 2 is 2.17 bits per heavy atom. The van der Waals surface area contributed by atoms with E-state index < -0.39 is 0 Å². The number of likely N-dealkylation sites (N-methyl/N-ethyl adjacent to an activating group) is 1. The molecule has 5 nitrogen and oxygen atoms in total. The van der Waals surface area contributed by atoms with E-state index in [-0.39, 0.29) is 11.7 Å². The predicted octanol–water partition coefficient (Wildman–Crippen LogP) is 4.23. The van der Waals surface area contributed by atoms with Crippen LogP contribution in [0.2, 0.25) is 0 Å². The van der Waals surface area contributed by atoms with E-state index >= 15 is 0 Å². The molecule has 4 rings (SSSR count).